The Kier molecular flexibility index (Phi) is 4.76. The number of hydrogen-bond donors (Lipinski definition) is 1. The Balaban J connectivity index is 1.74. The minimum Gasteiger partial charge on any atom is -0.384 e. The fraction of sp³-hybridized carbons (Fsp3) is 0.500. The number of benzene rings is 1. The third-order valence-corrected chi connectivity index (χ3v) is 5.78. The molecule has 1 aliphatic heterocycles. The molecule has 4 rings (SSSR count). The molecule has 3 heteroatoms. The number of hydrogen-bond acceptors (Lipinski definition) is 3. The molecule has 2 unspecified atom stereocenters. The molecule has 25 heavy (non-hydrogen) atoms. The van der Waals surface area contributed by atoms with E-state index in [1.807, 2.05) is 12.3 Å². The van der Waals surface area contributed by atoms with Crippen molar-refractivity contribution in [3.63, 3.8) is 0 Å². The maximum atomic E-state index is 4.64. The van der Waals surface area contributed by atoms with Crippen LogP contribution in [0.5, 0.6) is 0 Å². The Labute approximate surface area is 151 Å². The third kappa shape index (κ3) is 3.06. The van der Waals surface area contributed by atoms with Crippen LogP contribution in [0.4, 0.5) is 5.69 Å². The van der Waals surface area contributed by atoms with Gasteiger partial charge in [0.15, 0.2) is 0 Å². The molecule has 3 nitrogen and oxygen atoms in total. The molecule has 1 aliphatic carbocycles. The lowest BCUT2D eigenvalue weighted by atomic mass is 9.78. The summed E-state index contributed by atoms with van der Waals surface area (Å²) in [5.74, 6) is 0.656. The largest absolute Gasteiger partial charge is 0.384 e. The quantitative estimate of drug-likeness (QED) is 0.830. The van der Waals surface area contributed by atoms with E-state index in [9.17, 15) is 0 Å². The summed E-state index contributed by atoms with van der Waals surface area (Å²) in [6.07, 6.45) is 6.83. The van der Waals surface area contributed by atoms with Gasteiger partial charge in [0.2, 0.25) is 0 Å². The summed E-state index contributed by atoms with van der Waals surface area (Å²) in [4.78, 5) is 7.37. The molecular formula is C22H29N3. The van der Waals surface area contributed by atoms with E-state index in [4.69, 9.17) is 0 Å². The van der Waals surface area contributed by atoms with Crippen molar-refractivity contribution in [3.8, 4) is 11.3 Å². The first kappa shape index (κ1) is 16.6. The normalized spacial score (nSPS) is 21.2. The Morgan fingerprint density at radius 3 is 2.68 bits per heavy atom. The highest BCUT2D eigenvalue weighted by atomic mass is 15.2. The van der Waals surface area contributed by atoms with Crippen molar-refractivity contribution in [1.82, 2.24) is 9.88 Å². The zero-order valence-electron chi connectivity index (χ0n) is 15.5. The van der Waals surface area contributed by atoms with Crippen LogP contribution in [0.15, 0.2) is 36.5 Å². The van der Waals surface area contributed by atoms with Gasteiger partial charge in [-0.3, -0.25) is 4.98 Å². The van der Waals surface area contributed by atoms with E-state index in [1.54, 1.807) is 11.1 Å². The standard InChI is InChI=1S/C22H29N3/c1-3-11-25(12-4-2)17-13-16-15-24-21-9-8-18(19(14-17)22(16)21)20-7-5-6-10-23-20/h5-10,16-17,24H,3-4,11-15H2,1-2H3. The predicted molar refractivity (Wildman–Crippen MR) is 105 cm³/mol. The Morgan fingerprint density at radius 2 is 1.96 bits per heavy atom. The minimum absolute atomic E-state index is 0.656. The zero-order valence-corrected chi connectivity index (χ0v) is 15.5. The van der Waals surface area contributed by atoms with Crippen molar-refractivity contribution in [2.24, 2.45) is 0 Å². The maximum Gasteiger partial charge on any atom is 0.0704 e. The lowest BCUT2D eigenvalue weighted by Gasteiger charge is -2.38. The van der Waals surface area contributed by atoms with E-state index in [2.05, 4.69) is 53.3 Å². The van der Waals surface area contributed by atoms with Gasteiger partial charge < -0.3 is 10.2 Å². The van der Waals surface area contributed by atoms with Crippen LogP contribution < -0.4 is 5.32 Å². The molecule has 0 spiro atoms. The number of aromatic nitrogens is 1. The average molecular weight is 335 g/mol. The summed E-state index contributed by atoms with van der Waals surface area (Å²) in [5.41, 5.74) is 6.93. The molecule has 0 bridgehead atoms. The summed E-state index contributed by atoms with van der Waals surface area (Å²) in [5, 5.41) is 3.65. The summed E-state index contributed by atoms with van der Waals surface area (Å²) in [6.45, 7) is 8.12. The third-order valence-electron chi connectivity index (χ3n) is 5.78. The summed E-state index contributed by atoms with van der Waals surface area (Å²) < 4.78 is 0. The molecule has 0 fully saturated rings. The van der Waals surface area contributed by atoms with Crippen LogP contribution in [0.3, 0.4) is 0 Å². The molecule has 0 saturated carbocycles. The van der Waals surface area contributed by atoms with E-state index in [1.165, 1.54) is 43.6 Å². The van der Waals surface area contributed by atoms with Crippen molar-refractivity contribution in [2.45, 2.75) is 51.5 Å². The predicted octanol–water partition coefficient (Wildman–Crippen LogP) is 4.69. The van der Waals surface area contributed by atoms with Gasteiger partial charge in [0.25, 0.3) is 0 Å². The summed E-state index contributed by atoms with van der Waals surface area (Å²) in [6, 6.07) is 11.4. The zero-order chi connectivity index (χ0) is 17.2. The van der Waals surface area contributed by atoms with Gasteiger partial charge in [-0.15, -0.1) is 0 Å². The molecule has 0 radical (unpaired) electrons. The summed E-state index contributed by atoms with van der Waals surface area (Å²) >= 11 is 0. The molecule has 2 heterocycles. The van der Waals surface area contributed by atoms with Gasteiger partial charge in [0.1, 0.15) is 0 Å². The first-order valence-electron chi connectivity index (χ1n) is 9.86. The molecule has 0 amide bonds. The number of pyridine rings is 1. The number of rotatable bonds is 6. The number of nitrogens with one attached hydrogen (secondary N) is 1. The second-order valence-corrected chi connectivity index (χ2v) is 7.48. The molecule has 1 aromatic heterocycles. The minimum atomic E-state index is 0.656. The lowest BCUT2D eigenvalue weighted by molar-refractivity contribution is 0.173. The maximum absolute atomic E-state index is 4.64. The van der Waals surface area contributed by atoms with Crippen LogP contribution in [0.2, 0.25) is 0 Å². The average Bonchev–Trinajstić information content (AvgIpc) is 3.07. The SMILES string of the molecule is CCCN(CCC)C1Cc2c(-c3ccccn3)ccc3c2C(CN3)C1. The van der Waals surface area contributed by atoms with Gasteiger partial charge in [-0.05, 0) is 68.1 Å². The number of anilines is 1. The van der Waals surface area contributed by atoms with Crippen LogP contribution in [0.25, 0.3) is 11.3 Å². The van der Waals surface area contributed by atoms with Crippen molar-refractivity contribution in [1.29, 1.82) is 0 Å². The fourth-order valence-electron chi connectivity index (χ4n) is 4.78. The van der Waals surface area contributed by atoms with Crippen LogP contribution >= 0.6 is 0 Å². The molecule has 2 atom stereocenters. The van der Waals surface area contributed by atoms with Crippen LogP contribution in [0, 0.1) is 0 Å². The van der Waals surface area contributed by atoms with Crippen molar-refractivity contribution in [2.75, 3.05) is 25.0 Å². The van der Waals surface area contributed by atoms with Gasteiger partial charge in [-0.25, -0.2) is 0 Å². The van der Waals surface area contributed by atoms with Gasteiger partial charge >= 0.3 is 0 Å². The highest BCUT2D eigenvalue weighted by molar-refractivity contribution is 5.74. The first-order valence-corrected chi connectivity index (χ1v) is 9.86. The molecular weight excluding hydrogens is 306 g/mol. The molecule has 2 aliphatic rings. The van der Waals surface area contributed by atoms with Crippen molar-refractivity contribution < 1.29 is 0 Å². The topological polar surface area (TPSA) is 28.2 Å². The second kappa shape index (κ2) is 7.17. The van der Waals surface area contributed by atoms with Gasteiger partial charge in [-0.1, -0.05) is 26.0 Å². The highest BCUT2D eigenvalue weighted by Gasteiger charge is 2.36. The molecule has 1 aromatic carbocycles. The van der Waals surface area contributed by atoms with E-state index < -0.39 is 0 Å². The summed E-state index contributed by atoms with van der Waals surface area (Å²) in [7, 11) is 0. The number of nitrogens with zero attached hydrogens (tertiary/aromatic N) is 2. The van der Waals surface area contributed by atoms with Gasteiger partial charge in [-0.2, -0.15) is 0 Å². The van der Waals surface area contributed by atoms with Crippen molar-refractivity contribution in [3.05, 3.63) is 47.7 Å². The molecule has 1 N–H and O–H groups in total. The van der Waals surface area contributed by atoms with Crippen LogP contribution in [-0.4, -0.2) is 35.6 Å². The highest BCUT2D eigenvalue weighted by Crippen LogP contribution is 2.45. The van der Waals surface area contributed by atoms with E-state index in [-0.39, 0.29) is 0 Å². The van der Waals surface area contributed by atoms with Gasteiger partial charge in [0.05, 0.1) is 5.69 Å². The van der Waals surface area contributed by atoms with Crippen LogP contribution in [-0.2, 0) is 6.42 Å². The molecule has 2 aromatic rings. The van der Waals surface area contributed by atoms with Crippen LogP contribution in [0.1, 0.15) is 50.2 Å². The molecule has 132 valence electrons. The van der Waals surface area contributed by atoms with Gasteiger partial charge in [0, 0.05) is 36.0 Å². The van der Waals surface area contributed by atoms with Crippen molar-refractivity contribution >= 4 is 5.69 Å². The fourth-order valence-corrected chi connectivity index (χ4v) is 4.78. The van der Waals surface area contributed by atoms with E-state index in [0.717, 1.165) is 18.7 Å². The smallest absolute Gasteiger partial charge is 0.0704 e. The lowest BCUT2D eigenvalue weighted by Crippen LogP contribution is -2.41. The Hall–Kier alpha value is -1.87. The monoisotopic (exact) mass is 335 g/mol. The Morgan fingerprint density at radius 1 is 1.12 bits per heavy atom. The Bertz CT molecular complexity index is 720. The van der Waals surface area contributed by atoms with E-state index in [0.29, 0.717) is 12.0 Å². The molecule has 0 saturated heterocycles. The first-order chi connectivity index (χ1) is 12.3. The van der Waals surface area contributed by atoms with E-state index >= 15 is 0 Å². The second-order valence-electron chi connectivity index (χ2n) is 7.48.